The topological polar surface area (TPSA) is 17.1 Å². The van der Waals surface area contributed by atoms with Crippen LogP contribution in [-0.4, -0.2) is 11.7 Å². The first-order valence-corrected chi connectivity index (χ1v) is 7.24. The molecule has 0 unspecified atom stereocenters. The Morgan fingerprint density at radius 3 is 1.76 bits per heavy atom. The second-order valence-corrected chi connectivity index (χ2v) is 6.87. The summed E-state index contributed by atoms with van der Waals surface area (Å²) in [4.78, 5) is 11.3. The number of alkyl halides is 2. The largest absolute Gasteiger partial charge is 0.295 e. The minimum Gasteiger partial charge on any atom is -0.295 e. The molecule has 0 aliphatic carbocycles. The van der Waals surface area contributed by atoms with Gasteiger partial charge in [0.2, 0.25) is 0 Å². The Balaban J connectivity index is 5.03. The van der Waals surface area contributed by atoms with Gasteiger partial charge in [-0.2, -0.15) is 0 Å². The molecule has 0 saturated heterocycles. The molecule has 120 valence electrons. The van der Waals surface area contributed by atoms with Crippen molar-refractivity contribution in [3.8, 4) is 0 Å². The number of ketones is 1. The Labute approximate surface area is 127 Å². The molecule has 0 aromatic heterocycles. The molecule has 0 aromatic rings. The van der Waals surface area contributed by atoms with Crippen molar-refractivity contribution in [3.63, 3.8) is 0 Å². The molecule has 0 N–H and O–H groups in total. The van der Waals surface area contributed by atoms with Gasteiger partial charge in [0.25, 0.3) is 5.92 Å². The summed E-state index contributed by atoms with van der Waals surface area (Å²) in [6.45, 7) is 16.9. The monoisotopic (exact) mass is 298 g/mol. The molecular weight excluding hydrogens is 270 g/mol. The third-order valence-electron chi connectivity index (χ3n) is 4.28. The fourth-order valence-corrected chi connectivity index (χ4v) is 2.34. The summed E-state index contributed by atoms with van der Waals surface area (Å²) in [5.74, 6) is -3.10. The second kappa shape index (κ2) is 7.15. The summed E-state index contributed by atoms with van der Waals surface area (Å²) in [5.41, 5.74) is -1.68. The number of hydrogen-bond acceptors (Lipinski definition) is 1. The molecular formula is C18H28F2O. The SMILES string of the molecule is C=CC(=C)CCC(C)(C)C(F)(F)C(C)(C)CCC(=O)C=C. The van der Waals surface area contributed by atoms with Gasteiger partial charge in [-0.15, -0.1) is 0 Å². The summed E-state index contributed by atoms with van der Waals surface area (Å²) in [6, 6.07) is 0. The molecule has 0 radical (unpaired) electrons. The molecule has 0 spiro atoms. The van der Waals surface area contributed by atoms with Crippen LogP contribution >= 0.6 is 0 Å². The molecule has 0 aliphatic heterocycles. The summed E-state index contributed by atoms with van der Waals surface area (Å²) in [7, 11) is 0. The average Bonchev–Trinajstić information content (AvgIpc) is 2.41. The van der Waals surface area contributed by atoms with Gasteiger partial charge in [-0.05, 0) is 25.3 Å². The van der Waals surface area contributed by atoms with Gasteiger partial charge in [0.05, 0.1) is 0 Å². The maximum atomic E-state index is 14.9. The van der Waals surface area contributed by atoms with Crippen molar-refractivity contribution in [2.75, 3.05) is 0 Å². The van der Waals surface area contributed by atoms with Crippen molar-refractivity contribution in [1.29, 1.82) is 0 Å². The smallest absolute Gasteiger partial charge is 0.258 e. The molecule has 0 bridgehead atoms. The van der Waals surface area contributed by atoms with Crippen molar-refractivity contribution in [2.24, 2.45) is 10.8 Å². The van der Waals surface area contributed by atoms with Gasteiger partial charge >= 0.3 is 0 Å². The summed E-state index contributed by atoms with van der Waals surface area (Å²) >= 11 is 0. The molecule has 1 nitrogen and oxygen atoms in total. The molecule has 0 amide bonds. The lowest BCUT2D eigenvalue weighted by Gasteiger charge is -2.44. The van der Waals surface area contributed by atoms with E-state index in [4.69, 9.17) is 0 Å². The van der Waals surface area contributed by atoms with Gasteiger partial charge < -0.3 is 0 Å². The number of allylic oxidation sites excluding steroid dienone is 3. The van der Waals surface area contributed by atoms with Crippen molar-refractivity contribution in [3.05, 3.63) is 37.5 Å². The van der Waals surface area contributed by atoms with Crippen LogP contribution in [0.1, 0.15) is 53.4 Å². The van der Waals surface area contributed by atoms with Crippen LogP contribution in [0.25, 0.3) is 0 Å². The summed E-state index contributed by atoms with van der Waals surface area (Å²) < 4.78 is 29.8. The van der Waals surface area contributed by atoms with Crippen molar-refractivity contribution >= 4 is 5.78 Å². The van der Waals surface area contributed by atoms with E-state index in [1.807, 2.05) is 0 Å². The molecule has 0 heterocycles. The zero-order valence-corrected chi connectivity index (χ0v) is 13.8. The van der Waals surface area contributed by atoms with Crippen LogP contribution in [0.15, 0.2) is 37.5 Å². The third kappa shape index (κ3) is 4.90. The zero-order valence-electron chi connectivity index (χ0n) is 13.8. The predicted molar refractivity (Wildman–Crippen MR) is 85.5 cm³/mol. The van der Waals surface area contributed by atoms with E-state index in [-0.39, 0.29) is 18.6 Å². The van der Waals surface area contributed by atoms with E-state index in [0.717, 1.165) is 5.57 Å². The van der Waals surface area contributed by atoms with Gasteiger partial charge in [0.15, 0.2) is 5.78 Å². The van der Waals surface area contributed by atoms with Gasteiger partial charge in [-0.1, -0.05) is 59.1 Å². The Kier molecular flexibility index (Phi) is 6.72. The number of carbonyl (C=O) groups excluding carboxylic acids is 1. The second-order valence-electron chi connectivity index (χ2n) is 6.87. The van der Waals surface area contributed by atoms with Crippen LogP contribution in [0.5, 0.6) is 0 Å². The molecule has 0 atom stereocenters. The van der Waals surface area contributed by atoms with Gasteiger partial charge in [-0.3, -0.25) is 4.79 Å². The van der Waals surface area contributed by atoms with Crippen LogP contribution in [0.3, 0.4) is 0 Å². The minimum atomic E-state index is -2.90. The highest BCUT2D eigenvalue weighted by Crippen LogP contribution is 2.53. The Hall–Kier alpha value is -1.25. The first kappa shape index (κ1) is 19.8. The number of rotatable bonds is 10. The van der Waals surface area contributed by atoms with Gasteiger partial charge in [-0.25, -0.2) is 8.78 Å². The van der Waals surface area contributed by atoms with Gasteiger partial charge in [0, 0.05) is 17.3 Å². The highest BCUT2D eigenvalue weighted by Gasteiger charge is 2.56. The predicted octanol–water partition coefficient (Wildman–Crippen LogP) is 5.73. The van der Waals surface area contributed by atoms with E-state index in [1.54, 1.807) is 19.9 Å². The van der Waals surface area contributed by atoms with Crippen LogP contribution < -0.4 is 0 Å². The number of carbonyl (C=O) groups is 1. The lowest BCUT2D eigenvalue weighted by Crippen LogP contribution is -2.48. The highest BCUT2D eigenvalue weighted by molar-refractivity contribution is 5.88. The Bertz CT molecular complexity index is 379. The fourth-order valence-electron chi connectivity index (χ4n) is 2.34. The Morgan fingerprint density at radius 2 is 1.38 bits per heavy atom. The minimum absolute atomic E-state index is 0.0987. The first-order valence-electron chi connectivity index (χ1n) is 7.24. The molecule has 0 saturated carbocycles. The van der Waals surface area contributed by atoms with Crippen LogP contribution in [-0.2, 0) is 4.79 Å². The van der Waals surface area contributed by atoms with Crippen LogP contribution in [0.4, 0.5) is 8.78 Å². The first-order chi connectivity index (χ1) is 9.41. The quantitative estimate of drug-likeness (QED) is 0.372. The summed E-state index contributed by atoms with van der Waals surface area (Å²) in [6.07, 6.45) is 3.84. The molecule has 0 fully saturated rings. The molecule has 0 aromatic carbocycles. The molecule has 3 heteroatoms. The Morgan fingerprint density at radius 1 is 0.952 bits per heavy atom. The normalized spacial score (nSPS) is 12.9. The van der Waals surface area contributed by atoms with Gasteiger partial charge in [0.1, 0.15) is 0 Å². The van der Waals surface area contributed by atoms with Crippen LogP contribution in [0.2, 0.25) is 0 Å². The maximum absolute atomic E-state index is 14.9. The van der Waals surface area contributed by atoms with Crippen LogP contribution in [0, 0.1) is 10.8 Å². The molecule has 0 rings (SSSR count). The van der Waals surface area contributed by atoms with E-state index in [1.165, 1.54) is 19.9 Å². The van der Waals surface area contributed by atoms with E-state index in [0.29, 0.717) is 12.8 Å². The van der Waals surface area contributed by atoms with Crippen molar-refractivity contribution in [1.82, 2.24) is 0 Å². The number of halogens is 2. The fraction of sp³-hybridized carbons (Fsp3) is 0.611. The zero-order chi connectivity index (χ0) is 16.9. The standard InChI is InChI=1S/C18H28F2O/c1-8-14(3)10-12-16(4,5)18(19,20)17(6,7)13-11-15(21)9-2/h8-9H,1-3,10-13H2,4-7H3. The molecule has 21 heavy (non-hydrogen) atoms. The van der Waals surface area contributed by atoms with E-state index < -0.39 is 16.8 Å². The maximum Gasteiger partial charge on any atom is 0.258 e. The lowest BCUT2D eigenvalue weighted by molar-refractivity contribution is -0.191. The van der Waals surface area contributed by atoms with Crippen molar-refractivity contribution in [2.45, 2.75) is 59.3 Å². The number of hydrogen-bond donors (Lipinski definition) is 0. The summed E-state index contributed by atoms with van der Waals surface area (Å²) in [5, 5.41) is 0. The highest BCUT2D eigenvalue weighted by atomic mass is 19.3. The lowest BCUT2D eigenvalue weighted by atomic mass is 9.66. The molecule has 0 aliphatic rings. The van der Waals surface area contributed by atoms with Crippen molar-refractivity contribution < 1.29 is 13.6 Å². The van der Waals surface area contributed by atoms with E-state index in [9.17, 15) is 13.6 Å². The van der Waals surface area contributed by atoms with E-state index >= 15 is 0 Å². The third-order valence-corrected chi connectivity index (χ3v) is 4.28. The van der Waals surface area contributed by atoms with E-state index in [2.05, 4.69) is 19.7 Å². The average molecular weight is 298 g/mol.